The van der Waals surface area contributed by atoms with Gasteiger partial charge in [0.1, 0.15) is 0 Å². The van der Waals surface area contributed by atoms with Crippen LogP contribution in [0.15, 0.2) is 48.0 Å². The third-order valence-electron chi connectivity index (χ3n) is 3.97. The summed E-state index contributed by atoms with van der Waals surface area (Å²) in [5, 5.41) is 3.04. The van der Waals surface area contributed by atoms with Crippen LogP contribution in [0.3, 0.4) is 0 Å². The lowest BCUT2D eigenvalue weighted by Gasteiger charge is -2.27. The molecule has 3 heterocycles. The van der Waals surface area contributed by atoms with Gasteiger partial charge in [0.05, 0.1) is 11.1 Å². The molecule has 0 N–H and O–H groups in total. The van der Waals surface area contributed by atoms with Gasteiger partial charge in [-0.25, -0.2) is 0 Å². The molecule has 0 spiro atoms. The van der Waals surface area contributed by atoms with Crippen molar-refractivity contribution in [2.75, 3.05) is 6.54 Å². The molecule has 0 aliphatic carbocycles. The first kappa shape index (κ1) is 12.5. The molecule has 21 heavy (non-hydrogen) atoms. The third-order valence-corrected chi connectivity index (χ3v) is 5.00. The first-order valence-electron chi connectivity index (χ1n) is 7.01. The molecule has 0 bridgehead atoms. The highest BCUT2D eigenvalue weighted by Gasteiger charge is 2.23. The van der Waals surface area contributed by atoms with Gasteiger partial charge in [0.2, 0.25) is 0 Å². The van der Waals surface area contributed by atoms with Crippen LogP contribution in [0.1, 0.15) is 20.8 Å². The van der Waals surface area contributed by atoms with Crippen LogP contribution in [0.25, 0.3) is 10.9 Å². The Bertz CT molecular complexity index is 819. The van der Waals surface area contributed by atoms with Crippen molar-refractivity contribution in [1.82, 2.24) is 9.88 Å². The molecule has 4 heteroatoms. The number of hydrogen-bond donors (Lipinski definition) is 0. The minimum Gasteiger partial charge on any atom is -0.334 e. The van der Waals surface area contributed by atoms with Crippen LogP contribution in [0.2, 0.25) is 0 Å². The van der Waals surface area contributed by atoms with E-state index in [9.17, 15) is 4.79 Å². The SMILES string of the molecule is O=C(c1ccnc2ccccc12)N1CCc2sccc2C1. The van der Waals surface area contributed by atoms with Gasteiger partial charge in [-0.1, -0.05) is 18.2 Å². The average molecular weight is 294 g/mol. The number of aromatic nitrogens is 1. The van der Waals surface area contributed by atoms with E-state index in [2.05, 4.69) is 16.4 Å². The van der Waals surface area contributed by atoms with Gasteiger partial charge in [-0.3, -0.25) is 9.78 Å². The zero-order valence-corrected chi connectivity index (χ0v) is 12.3. The molecule has 0 radical (unpaired) electrons. The molecular formula is C17H14N2OS. The van der Waals surface area contributed by atoms with E-state index in [4.69, 9.17) is 0 Å². The fraction of sp³-hybridized carbons (Fsp3) is 0.176. The molecular weight excluding hydrogens is 280 g/mol. The van der Waals surface area contributed by atoms with Crippen molar-refractivity contribution in [3.05, 3.63) is 64.0 Å². The smallest absolute Gasteiger partial charge is 0.254 e. The highest BCUT2D eigenvalue weighted by Crippen LogP contribution is 2.26. The fourth-order valence-corrected chi connectivity index (χ4v) is 3.76. The molecule has 0 fully saturated rings. The number of para-hydroxylation sites is 1. The molecule has 0 saturated heterocycles. The van der Waals surface area contributed by atoms with Gasteiger partial charge in [-0.05, 0) is 35.6 Å². The highest BCUT2D eigenvalue weighted by atomic mass is 32.1. The van der Waals surface area contributed by atoms with Gasteiger partial charge >= 0.3 is 0 Å². The van der Waals surface area contributed by atoms with Gasteiger partial charge in [0.15, 0.2) is 0 Å². The maximum atomic E-state index is 12.8. The molecule has 1 aromatic carbocycles. The molecule has 1 aliphatic heterocycles. The van der Waals surface area contributed by atoms with Crippen molar-refractivity contribution in [2.24, 2.45) is 0 Å². The van der Waals surface area contributed by atoms with E-state index in [0.717, 1.165) is 29.4 Å². The number of fused-ring (bicyclic) bond motifs is 2. The molecule has 0 saturated carbocycles. The third kappa shape index (κ3) is 2.12. The van der Waals surface area contributed by atoms with Gasteiger partial charge in [-0.15, -0.1) is 11.3 Å². The molecule has 4 rings (SSSR count). The predicted molar refractivity (Wildman–Crippen MR) is 84.5 cm³/mol. The second-order valence-corrected chi connectivity index (χ2v) is 6.22. The Morgan fingerprint density at radius 3 is 3.05 bits per heavy atom. The second kappa shape index (κ2) is 4.97. The van der Waals surface area contributed by atoms with Crippen LogP contribution in [-0.4, -0.2) is 22.3 Å². The summed E-state index contributed by atoms with van der Waals surface area (Å²) in [6, 6.07) is 11.8. The molecule has 1 aliphatic rings. The molecule has 3 aromatic rings. The number of hydrogen-bond acceptors (Lipinski definition) is 3. The van der Waals surface area contributed by atoms with Crippen molar-refractivity contribution in [1.29, 1.82) is 0 Å². The first-order chi connectivity index (χ1) is 10.3. The number of carbonyl (C=O) groups excluding carboxylic acids is 1. The minimum absolute atomic E-state index is 0.102. The van der Waals surface area contributed by atoms with Gasteiger partial charge in [0.25, 0.3) is 5.91 Å². The first-order valence-corrected chi connectivity index (χ1v) is 7.89. The van der Waals surface area contributed by atoms with Crippen molar-refractivity contribution < 1.29 is 4.79 Å². The molecule has 0 unspecified atom stereocenters. The molecule has 3 nitrogen and oxygen atoms in total. The summed E-state index contributed by atoms with van der Waals surface area (Å²) in [6.45, 7) is 1.51. The number of amides is 1. The fourth-order valence-electron chi connectivity index (χ4n) is 2.87. The van der Waals surface area contributed by atoms with Crippen LogP contribution in [0, 0.1) is 0 Å². The summed E-state index contributed by atoms with van der Waals surface area (Å²) in [4.78, 5) is 20.5. The second-order valence-electron chi connectivity index (χ2n) is 5.22. The Balaban J connectivity index is 1.71. The number of carbonyl (C=O) groups is 1. The number of nitrogens with zero attached hydrogens (tertiary/aromatic N) is 2. The zero-order chi connectivity index (χ0) is 14.2. The highest BCUT2D eigenvalue weighted by molar-refractivity contribution is 7.10. The quantitative estimate of drug-likeness (QED) is 0.688. The van der Waals surface area contributed by atoms with E-state index >= 15 is 0 Å². The topological polar surface area (TPSA) is 33.2 Å². The zero-order valence-electron chi connectivity index (χ0n) is 11.5. The number of rotatable bonds is 1. The summed E-state index contributed by atoms with van der Waals surface area (Å²) in [6.07, 6.45) is 2.68. The number of thiophene rings is 1. The summed E-state index contributed by atoms with van der Waals surface area (Å²) in [5.74, 6) is 0.102. The van der Waals surface area contributed by atoms with Crippen molar-refractivity contribution in [3.63, 3.8) is 0 Å². The van der Waals surface area contributed by atoms with Gasteiger partial charge in [-0.2, -0.15) is 0 Å². The summed E-state index contributed by atoms with van der Waals surface area (Å²) >= 11 is 1.79. The molecule has 104 valence electrons. The van der Waals surface area contributed by atoms with Crippen LogP contribution in [0.4, 0.5) is 0 Å². The monoisotopic (exact) mass is 294 g/mol. The lowest BCUT2D eigenvalue weighted by molar-refractivity contribution is 0.0738. The lowest BCUT2D eigenvalue weighted by Crippen LogP contribution is -2.35. The van der Waals surface area contributed by atoms with Crippen LogP contribution >= 0.6 is 11.3 Å². The van der Waals surface area contributed by atoms with E-state index in [-0.39, 0.29) is 5.91 Å². The Morgan fingerprint density at radius 2 is 2.10 bits per heavy atom. The van der Waals surface area contributed by atoms with Crippen LogP contribution in [-0.2, 0) is 13.0 Å². The maximum absolute atomic E-state index is 12.8. The van der Waals surface area contributed by atoms with Crippen LogP contribution < -0.4 is 0 Å². The summed E-state index contributed by atoms with van der Waals surface area (Å²) < 4.78 is 0. The number of benzene rings is 1. The molecule has 1 amide bonds. The maximum Gasteiger partial charge on any atom is 0.254 e. The average Bonchev–Trinajstić information content (AvgIpc) is 3.01. The van der Waals surface area contributed by atoms with Crippen molar-refractivity contribution in [2.45, 2.75) is 13.0 Å². The standard InChI is InChI=1S/C17H14N2OS/c20-17(19-9-6-16-12(11-19)7-10-21-16)14-5-8-18-15-4-2-1-3-13(14)15/h1-5,7-8,10H,6,9,11H2. The largest absolute Gasteiger partial charge is 0.334 e. The Kier molecular flexibility index (Phi) is 2.97. The van der Waals surface area contributed by atoms with Gasteiger partial charge in [0, 0.05) is 29.5 Å². The summed E-state index contributed by atoms with van der Waals surface area (Å²) in [7, 11) is 0. The number of pyridine rings is 1. The normalized spacial score (nSPS) is 14.2. The van der Waals surface area contributed by atoms with E-state index in [0.29, 0.717) is 6.54 Å². The van der Waals surface area contributed by atoms with E-state index in [1.165, 1.54) is 10.4 Å². The Morgan fingerprint density at radius 1 is 1.19 bits per heavy atom. The van der Waals surface area contributed by atoms with E-state index in [1.807, 2.05) is 35.2 Å². The van der Waals surface area contributed by atoms with Crippen LogP contribution in [0.5, 0.6) is 0 Å². The molecule has 2 aromatic heterocycles. The van der Waals surface area contributed by atoms with E-state index in [1.54, 1.807) is 17.5 Å². The summed E-state index contributed by atoms with van der Waals surface area (Å²) in [5.41, 5.74) is 2.91. The Labute approximate surface area is 126 Å². The van der Waals surface area contributed by atoms with Gasteiger partial charge < -0.3 is 4.90 Å². The predicted octanol–water partition coefficient (Wildman–Crippen LogP) is 3.49. The Hall–Kier alpha value is -2.20. The van der Waals surface area contributed by atoms with Crippen molar-refractivity contribution in [3.8, 4) is 0 Å². The minimum atomic E-state index is 0.102. The molecule has 0 atom stereocenters. The van der Waals surface area contributed by atoms with E-state index < -0.39 is 0 Å². The lowest BCUT2D eigenvalue weighted by atomic mass is 10.1. The van der Waals surface area contributed by atoms with Crippen molar-refractivity contribution >= 4 is 28.1 Å².